The summed E-state index contributed by atoms with van der Waals surface area (Å²) in [5, 5.41) is 15.0. The fraction of sp³-hybridized carbons (Fsp3) is 0.355. The van der Waals surface area contributed by atoms with Crippen LogP contribution in [0.3, 0.4) is 0 Å². The lowest BCUT2D eigenvalue weighted by Crippen LogP contribution is -2.39. The van der Waals surface area contributed by atoms with Crippen LogP contribution in [-0.4, -0.2) is 49.7 Å². The highest BCUT2D eigenvalue weighted by Crippen LogP contribution is 2.33. The summed E-state index contributed by atoms with van der Waals surface area (Å²) in [5.41, 5.74) is 10.8. The number of thiophene rings is 1. The Kier molecular flexibility index (Phi) is 7.94. The number of pyridine rings is 1. The van der Waals surface area contributed by atoms with Gasteiger partial charge in [0.05, 0.1) is 17.4 Å². The average molecular weight is 605 g/mol. The summed E-state index contributed by atoms with van der Waals surface area (Å²) < 4.78 is 40.9. The summed E-state index contributed by atoms with van der Waals surface area (Å²) in [6.07, 6.45) is 2.47. The van der Waals surface area contributed by atoms with Crippen LogP contribution < -0.4 is 11.1 Å². The van der Waals surface area contributed by atoms with Gasteiger partial charge in [-0.25, -0.2) is 15.0 Å². The molecular formula is C31H31F3N8S. The van der Waals surface area contributed by atoms with Crippen LogP contribution in [-0.2, 0) is 25.9 Å². The number of halogens is 3. The van der Waals surface area contributed by atoms with Crippen molar-refractivity contribution in [2.45, 2.75) is 57.9 Å². The zero-order chi connectivity index (χ0) is 30.1. The van der Waals surface area contributed by atoms with Crippen LogP contribution in [0.5, 0.6) is 0 Å². The molecule has 222 valence electrons. The van der Waals surface area contributed by atoms with Crippen LogP contribution in [0.4, 0.5) is 24.8 Å². The quantitative estimate of drug-likeness (QED) is 0.216. The Hall–Kier alpha value is -4.21. The summed E-state index contributed by atoms with van der Waals surface area (Å²) in [6.45, 7) is 5.35. The second-order valence-corrected chi connectivity index (χ2v) is 12.2. The smallest absolute Gasteiger partial charge is 0.384 e. The minimum Gasteiger partial charge on any atom is -0.384 e. The molecule has 6 rings (SSSR count). The van der Waals surface area contributed by atoms with Gasteiger partial charge in [-0.15, -0.1) is 11.3 Å². The first kappa shape index (κ1) is 28.9. The number of anilines is 2. The van der Waals surface area contributed by atoms with Gasteiger partial charge in [-0.3, -0.25) is 4.90 Å². The van der Waals surface area contributed by atoms with Crippen molar-refractivity contribution >= 4 is 44.1 Å². The zero-order valence-electron chi connectivity index (χ0n) is 23.7. The number of nitrogens with one attached hydrogen (secondary N) is 1. The molecule has 5 aromatic rings. The van der Waals surface area contributed by atoms with E-state index < -0.39 is 12.6 Å². The molecule has 5 heterocycles. The van der Waals surface area contributed by atoms with Crippen LogP contribution in [0.1, 0.15) is 40.0 Å². The Balaban J connectivity index is 1.10. The van der Waals surface area contributed by atoms with Crippen molar-refractivity contribution in [2.75, 3.05) is 24.1 Å². The molecule has 12 heteroatoms. The zero-order valence-corrected chi connectivity index (χ0v) is 24.5. The third kappa shape index (κ3) is 6.43. The Morgan fingerprint density at radius 2 is 1.95 bits per heavy atom. The van der Waals surface area contributed by atoms with Gasteiger partial charge in [-0.1, -0.05) is 12.1 Å². The molecule has 1 aliphatic heterocycles. The van der Waals surface area contributed by atoms with Crippen molar-refractivity contribution in [1.82, 2.24) is 24.4 Å². The molecule has 1 saturated heterocycles. The van der Waals surface area contributed by atoms with Crippen LogP contribution in [0.25, 0.3) is 21.1 Å². The normalized spacial score (nSPS) is 14.9. The fourth-order valence-corrected chi connectivity index (χ4v) is 6.89. The molecule has 8 nitrogen and oxygen atoms in total. The number of aryl methyl sites for hydroxylation is 3. The van der Waals surface area contributed by atoms with E-state index in [2.05, 4.69) is 54.9 Å². The van der Waals surface area contributed by atoms with Gasteiger partial charge in [-0.05, 0) is 61.1 Å². The van der Waals surface area contributed by atoms with Crippen molar-refractivity contribution in [3.8, 4) is 6.07 Å². The Morgan fingerprint density at radius 1 is 1.14 bits per heavy atom. The van der Waals surface area contributed by atoms with Gasteiger partial charge in [-0.2, -0.15) is 18.4 Å². The minimum atomic E-state index is -4.26. The summed E-state index contributed by atoms with van der Waals surface area (Å²) in [6, 6.07) is 12.2. The Morgan fingerprint density at radius 3 is 2.67 bits per heavy atom. The first-order chi connectivity index (χ1) is 20.7. The van der Waals surface area contributed by atoms with E-state index in [1.807, 2.05) is 12.3 Å². The van der Waals surface area contributed by atoms with E-state index in [1.165, 1.54) is 11.9 Å². The van der Waals surface area contributed by atoms with Crippen molar-refractivity contribution < 1.29 is 13.2 Å². The minimum absolute atomic E-state index is 0.166. The third-order valence-corrected chi connectivity index (χ3v) is 9.15. The van der Waals surface area contributed by atoms with Crippen molar-refractivity contribution in [2.24, 2.45) is 0 Å². The van der Waals surface area contributed by atoms with E-state index in [-0.39, 0.29) is 10.9 Å². The molecule has 4 aromatic heterocycles. The first-order valence-electron chi connectivity index (χ1n) is 14.2. The Bertz CT molecular complexity index is 1790. The van der Waals surface area contributed by atoms with Crippen LogP contribution in [0, 0.1) is 18.3 Å². The average Bonchev–Trinajstić information content (AvgIpc) is 3.55. The number of nitrogen functional groups attached to an aromatic ring is 1. The Labute approximate surface area is 251 Å². The number of aromatic nitrogens is 4. The second-order valence-electron chi connectivity index (χ2n) is 11.1. The van der Waals surface area contributed by atoms with Crippen LogP contribution >= 0.6 is 11.3 Å². The van der Waals surface area contributed by atoms with E-state index in [0.717, 1.165) is 78.8 Å². The van der Waals surface area contributed by atoms with Gasteiger partial charge in [0.25, 0.3) is 0 Å². The van der Waals surface area contributed by atoms with E-state index in [1.54, 1.807) is 18.3 Å². The van der Waals surface area contributed by atoms with Gasteiger partial charge in [0.2, 0.25) is 0 Å². The summed E-state index contributed by atoms with van der Waals surface area (Å²) in [7, 11) is 0. The molecule has 0 bridgehead atoms. The lowest BCUT2D eigenvalue weighted by Gasteiger charge is -2.33. The molecule has 3 N–H and O–H groups in total. The van der Waals surface area contributed by atoms with Crippen molar-refractivity contribution in [3.05, 3.63) is 76.2 Å². The van der Waals surface area contributed by atoms with E-state index >= 15 is 0 Å². The highest BCUT2D eigenvalue weighted by Gasteiger charge is 2.29. The van der Waals surface area contributed by atoms with Gasteiger partial charge in [0.1, 0.15) is 28.9 Å². The maximum atomic E-state index is 12.9. The molecule has 1 aromatic carbocycles. The SMILES string of the molecule is Cc1c(CN2CCC(Nc3ncnc4sc(CC(F)(F)F)cc34)CC2)ccc2c1c(C#N)cn2CCc1ccc(N)nc1. The van der Waals surface area contributed by atoms with Crippen LogP contribution in [0.2, 0.25) is 0 Å². The number of fused-ring (bicyclic) bond motifs is 2. The lowest BCUT2D eigenvalue weighted by atomic mass is 9.99. The summed E-state index contributed by atoms with van der Waals surface area (Å²) >= 11 is 1.06. The molecular weight excluding hydrogens is 573 g/mol. The number of nitrogens with two attached hydrogens (primary N) is 1. The third-order valence-electron chi connectivity index (χ3n) is 8.11. The molecule has 0 atom stereocenters. The maximum absolute atomic E-state index is 12.9. The number of likely N-dealkylation sites (tertiary alicyclic amines) is 1. The van der Waals surface area contributed by atoms with Gasteiger partial charge in [0.15, 0.2) is 0 Å². The predicted octanol–water partition coefficient (Wildman–Crippen LogP) is 6.23. The molecule has 0 radical (unpaired) electrons. The maximum Gasteiger partial charge on any atom is 0.393 e. The highest BCUT2D eigenvalue weighted by atomic mass is 32.1. The molecule has 0 saturated carbocycles. The number of rotatable bonds is 8. The molecule has 0 unspecified atom stereocenters. The largest absolute Gasteiger partial charge is 0.393 e. The van der Waals surface area contributed by atoms with E-state index in [0.29, 0.717) is 27.4 Å². The molecule has 0 aliphatic carbocycles. The fourth-order valence-electron chi connectivity index (χ4n) is 5.86. The van der Waals surface area contributed by atoms with Crippen LogP contribution in [0.15, 0.2) is 49.1 Å². The standard InChI is InChI=1S/C31H31F3N8S/c1-19-21(3-4-26-28(19)22(14-35)17-42(26)11-6-20-2-5-27(36)37-15-20)16-41-9-7-23(8-10-41)40-29-25-12-24(13-31(32,33)34)43-30(25)39-18-38-29/h2-5,12,15,17-18,23H,6-11,13,16H2,1H3,(H2,36,37)(H,38,39,40). The van der Waals surface area contributed by atoms with Crippen molar-refractivity contribution in [1.29, 1.82) is 5.26 Å². The summed E-state index contributed by atoms with van der Waals surface area (Å²) in [4.78, 5) is 15.9. The molecule has 0 spiro atoms. The topological polar surface area (TPSA) is 109 Å². The number of piperidine rings is 1. The van der Waals surface area contributed by atoms with Crippen molar-refractivity contribution in [3.63, 3.8) is 0 Å². The number of hydrogen-bond acceptors (Lipinski definition) is 8. The number of hydrogen-bond donors (Lipinski definition) is 2. The molecule has 43 heavy (non-hydrogen) atoms. The predicted molar refractivity (Wildman–Crippen MR) is 163 cm³/mol. The first-order valence-corrected chi connectivity index (χ1v) is 15.0. The highest BCUT2D eigenvalue weighted by molar-refractivity contribution is 7.18. The number of nitrogens with zero attached hydrogens (tertiary/aromatic N) is 6. The number of nitriles is 1. The van der Waals surface area contributed by atoms with E-state index in [9.17, 15) is 18.4 Å². The van der Waals surface area contributed by atoms with E-state index in [4.69, 9.17) is 5.73 Å². The monoisotopic (exact) mass is 604 g/mol. The van der Waals surface area contributed by atoms with Gasteiger partial charge in [0, 0.05) is 60.4 Å². The lowest BCUT2D eigenvalue weighted by molar-refractivity contribution is -0.126. The molecule has 1 fully saturated rings. The van der Waals surface area contributed by atoms with Gasteiger partial charge < -0.3 is 15.6 Å². The van der Waals surface area contributed by atoms with Gasteiger partial charge >= 0.3 is 6.18 Å². The number of benzene rings is 1. The summed E-state index contributed by atoms with van der Waals surface area (Å²) in [5.74, 6) is 1.09. The number of alkyl halides is 3. The molecule has 1 aliphatic rings. The second kappa shape index (κ2) is 11.8. The molecule has 0 amide bonds.